The maximum Gasteiger partial charge on any atom is 0.275 e. The third-order valence-electron chi connectivity index (χ3n) is 5.72. The normalized spacial score (nSPS) is 22.4. The van der Waals surface area contributed by atoms with Gasteiger partial charge in [0.2, 0.25) is 0 Å². The van der Waals surface area contributed by atoms with E-state index in [0.717, 1.165) is 16.7 Å². The molecule has 5 rings (SSSR count). The van der Waals surface area contributed by atoms with Crippen LogP contribution in [-0.4, -0.2) is 82.2 Å². The molecule has 2 aliphatic rings. The third-order valence-corrected chi connectivity index (χ3v) is 5.72. The first-order valence-corrected chi connectivity index (χ1v) is 10.1. The number of aryl methyl sites for hydroxylation is 1. The summed E-state index contributed by atoms with van der Waals surface area (Å²) < 4.78 is 13.8. The molecule has 2 saturated heterocycles. The topological polar surface area (TPSA) is 85.6 Å². The Morgan fingerprint density at radius 1 is 1.13 bits per heavy atom. The second kappa shape index (κ2) is 7.66. The number of hydrogen-bond acceptors (Lipinski definition) is 7. The van der Waals surface area contributed by atoms with Crippen LogP contribution in [0.15, 0.2) is 42.9 Å². The lowest BCUT2D eigenvalue weighted by atomic mass is 10.0. The molecule has 2 aliphatic heterocycles. The van der Waals surface area contributed by atoms with Crippen molar-refractivity contribution in [2.45, 2.75) is 5.60 Å². The molecule has 1 aromatic carbocycles. The summed E-state index contributed by atoms with van der Waals surface area (Å²) in [5.74, 6) is 0.704. The first-order chi connectivity index (χ1) is 14.7. The van der Waals surface area contributed by atoms with Crippen molar-refractivity contribution < 1.29 is 14.3 Å². The van der Waals surface area contributed by atoms with Crippen molar-refractivity contribution >= 4 is 22.6 Å². The molecule has 0 aliphatic carbocycles. The molecule has 9 heteroatoms. The van der Waals surface area contributed by atoms with E-state index < -0.39 is 5.60 Å². The molecule has 0 bridgehead atoms. The molecule has 0 N–H and O–H groups in total. The number of anilines is 1. The molecule has 30 heavy (non-hydrogen) atoms. The van der Waals surface area contributed by atoms with Gasteiger partial charge in [-0.05, 0) is 6.07 Å². The standard InChI is InChI=1S/C21H24N6O3/c1-25-17-5-3-2-4-16(17)19(24-25)20(28)27-9-11-30-21(14-27)13-26(8-10-29-15-21)18-12-22-6-7-23-18/h2-7,12H,8-11,13-15H2,1H3. The van der Waals surface area contributed by atoms with Crippen LogP contribution >= 0.6 is 0 Å². The van der Waals surface area contributed by atoms with Gasteiger partial charge in [-0.15, -0.1) is 0 Å². The number of ether oxygens (including phenoxy) is 2. The van der Waals surface area contributed by atoms with E-state index in [4.69, 9.17) is 9.47 Å². The fourth-order valence-electron chi connectivity index (χ4n) is 4.28. The minimum absolute atomic E-state index is 0.0789. The minimum atomic E-state index is -0.619. The Labute approximate surface area is 174 Å². The highest BCUT2D eigenvalue weighted by Gasteiger charge is 2.42. The molecular weight excluding hydrogens is 384 g/mol. The van der Waals surface area contributed by atoms with Crippen molar-refractivity contribution in [3.63, 3.8) is 0 Å². The quantitative estimate of drug-likeness (QED) is 0.628. The van der Waals surface area contributed by atoms with Crippen LogP contribution in [0.2, 0.25) is 0 Å². The van der Waals surface area contributed by atoms with E-state index in [1.54, 1.807) is 23.3 Å². The van der Waals surface area contributed by atoms with Crippen molar-refractivity contribution in [2.24, 2.45) is 7.05 Å². The zero-order valence-corrected chi connectivity index (χ0v) is 16.9. The molecule has 1 spiro atoms. The smallest absolute Gasteiger partial charge is 0.275 e. The SMILES string of the molecule is Cn1nc(C(=O)N2CCOC3(COCCN(c4cnccn4)C3)C2)c2ccccc21. The van der Waals surface area contributed by atoms with Gasteiger partial charge < -0.3 is 19.3 Å². The molecule has 156 valence electrons. The number of rotatable bonds is 2. The number of hydrogen-bond donors (Lipinski definition) is 0. The van der Waals surface area contributed by atoms with Gasteiger partial charge in [0.25, 0.3) is 5.91 Å². The van der Waals surface area contributed by atoms with Gasteiger partial charge in [-0.3, -0.25) is 14.5 Å². The molecule has 0 saturated carbocycles. The summed E-state index contributed by atoms with van der Waals surface area (Å²) in [6, 6.07) is 7.79. The van der Waals surface area contributed by atoms with Gasteiger partial charge in [0.15, 0.2) is 5.69 Å². The van der Waals surface area contributed by atoms with Crippen molar-refractivity contribution in [2.75, 3.05) is 50.9 Å². The van der Waals surface area contributed by atoms with Crippen molar-refractivity contribution in [3.8, 4) is 0 Å². The number of nitrogens with zero attached hydrogens (tertiary/aromatic N) is 6. The summed E-state index contributed by atoms with van der Waals surface area (Å²) in [6.07, 6.45) is 5.07. The number of amides is 1. The average molecular weight is 408 g/mol. The second-order valence-corrected chi connectivity index (χ2v) is 7.79. The zero-order chi connectivity index (χ0) is 20.6. The first kappa shape index (κ1) is 19.0. The number of carbonyl (C=O) groups is 1. The minimum Gasteiger partial charge on any atom is -0.376 e. The first-order valence-electron chi connectivity index (χ1n) is 10.1. The van der Waals surface area contributed by atoms with E-state index in [0.29, 0.717) is 51.7 Å². The van der Waals surface area contributed by atoms with Gasteiger partial charge in [0, 0.05) is 37.9 Å². The Morgan fingerprint density at radius 2 is 2.03 bits per heavy atom. The van der Waals surface area contributed by atoms with Gasteiger partial charge in [-0.25, -0.2) is 4.98 Å². The van der Waals surface area contributed by atoms with Crippen LogP contribution in [0.3, 0.4) is 0 Å². The molecule has 9 nitrogen and oxygen atoms in total. The van der Waals surface area contributed by atoms with Gasteiger partial charge in [-0.2, -0.15) is 5.10 Å². The Hall–Kier alpha value is -3.04. The molecule has 1 amide bonds. The molecule has 2 fully saturated rings. The highest BCUT2D eigenvalue weighted by atomic mass is 16.5. The fourth-order valence-corrected chi connectivity index (χ4v) is 4.28. The predicted octanol–water partition coefficient (Wildman–Crippen LogP) is 1.11. The Balaban J connectivity index is 1.41. The van der Waals surface area contributed by atoms with Crippen LogP contribution < -0.4 is 4.90 Å². The Kier molecular flexibility index (Phi) is 4.84. The second-order valence-electron chi connectivity index (χ2n) is 7.79. The van der Waals surface area contributed by atoms with Gasteiger partial charge in [0.05, 0.1) is 44.6 Å². The highest BCUT2D eigenvalue weighted by Crippen LogP contribution is 2.27. The molecule has 2 aromatic heterocycles. The number of aromatic nitrogens is 4. The summed E-state index contributed by atoms with van der Waals surface area (Å²) in [5, 5.41) is 5.37. The summed E-state index contributed by atoms with van der Waals surface area (Å²) >= 11 is 0. The summed E-state index contributed by atoms with van der Waals surface area (Å²) in [6.45, 7) is 3.69. The number of fused-ring (bicyclic) bond motifs is 1. The summed E-state index contributed by atoms with van der Waals surface area (Å²) in [7, 11) is 1.86. The van der Waals surface area contributed by atoms with E-state index >= 15 is 0 Å². The Bertz CT molecular complexity index is 1060. The average Bonchev–Trinajstić information content (AvgIpc) is 2.99. The van der Waals surface area contributed by atoms with Crippen LogP contribution in [0.25, 0.3) is 10.9 Å². The molecule has 1 atom stereocenters. The van der Waals surface area contributed by atoms with Gasteiger partial charge >= 0.3 is 0 Å². The number of para-hydroxylation sites is 1. The molecule has 4 heterocycles. The van der Waals surface area contributed by atoms with Crippen LogP contribution in [0.1, 0.15) is 10.5 Å². The lowest BCUT2D eigenvalue weighted by molar-refractivity contribution is -0.124. The van der Waals surface area contributed by atoms with Crippen LogP contribution in [0.4, 0.5) is 5.82 Å². The molecule has 1 unspecified atom stereocenters. The van der Waals surface area contributed by atoms with Crippen molar-refractivity contribution in [1.29, 1.82) is 0 Å². The van der Waals surface area contributed by atoms with Gasteiger partial charge in [0.1, 0.15) is 11.4 Å². The molecule has 0 radical (unpaired) electrons. The maximum absolute atomic E-state index is 13.4. The van der Waals surface area contributed by atoms with Gasteiger partial charge in [-0.1, -0.05) is 18.2 Å². The van der Waals surface area contributed by atoms with Crippen LogP contribution in [0, 0.1) is 0 Å². The summed E-state index contributed by atoms with van der Waals surface area (Å²) in [5.41, 5.74) is 0.799. The predicted molar refractivity (Wildman–Crippen MR) is 110 cm³/mol. The maximum atomic E-state index is 13.4. The van der Waals surface area contributed by atoms with E-state index in [1.807, 2.05) is 36.2 Å². The molecule has 3 aromatic rings. The molecular formula is C21H24N6O3. The van der Waals surface area contributed by atoms with E-state index in [1.165, 1.54) is 0 Å². The lowest BCUT2D eigenvalue weighted by Crippen LogP contribution is -2.60. The van der Waals surface area contributed by atoms with Crippen LogP contribution in [-0.2, 0) is 16.5 Å². The number of morpholine rings is 1. The van der Waals surface area contributed by atoms with E-state index in [9.17, 15) is 4.79 Å². The Morgan fingerprint density at radius 3 is 2.90 bits per heavy atom. The largest absolute Gasteiger partial charge is 0.376 e. The zero-order valence-electron chi connectivity index (χ0n) is 16.9. The summed E-state index contributed by atoms with van der Waals surface area (Å²) in [4.78, 5) is 26.0. The fraction of sp³-hybridized carbons (Fsp3) is 0.429. The third kappa shape index (κ3) is 3.40. The van der Waals surface area contributed by atoms with Crippen molar-refractivity contribution in [3.05, 3.63) is 48.5 Å². The number of carbonyl (C=O) groups excluding carboxylic acids is 1. The van der Waals surface area contributed by atoms with E-state index in [-0.39, 0.29) is 5.91 Å². The van der Waals surface area contributed by atoms with Crippen LogP contribution in [0.5, 0.6) is 0 Å². The highest BCUT2D eigenvalue weighted by molar-refractivity contribution is 6.04. The lowest BCUT2D eigenvalue weighted by Gasteiger charge is -2.43. The monoisotopic (exact) mass is 408 g/mol. The van der Waals surface area contributed by atoms with Crippen molar-refractivity contribution in [1.82, 2.24) is 24.6 Å². The number of benzene rings is 1. The van der Waals surface area contributed by atoms with E-state index in [2.05, 4.69) is 20.0 Å².